The maximum Gasteiger partial charge on any atom is 0.286 e. The molecule has 7 heteroatoms. The lowest BCUT2D eigenvalue weighted by Gasteiger charge is -2.33. The number of piperidine rings is 1. The van der Waals surface area contributed by atoms with Gasteiger partial charge in [-0.2, -0.15) is 0 Å². The third kappa shape index (κ3) is 5.63. The van der Waals surface area contributed by atoms with Crippen molar-refractivity contribution in [3.05, 3.63) is 47.4 Å². The first-order chi connectivity index (χ1) is 16.2. The quantitative estimate of drug-likeness (QED) is 0.607. The summed E-state index contributed by atoms with van der Waals surface area (Å²) < 4.78 is 11.4. The van der Waals surface area contributed by atoms with Gasteiger partial charge in [-0.3, -0.25) is 14.5 Å². The van der Waals surface area contributed by atoms with E-state index in [4.69, 9.17) is 9.15 Å². The minimum atomic E-state index is -0.221. The SMILES string of the molecule is CC1CCCCN1CCCNC(=O)c1ccc(CN2C(=O)COc3ccc(C(C)(C)C)cc32)o1. The van der Waals surface area contributed by atoms with E-state index in [0.29, 0.717) is 24.1 Å². The molecular weight excluding hydrogens is 430 g/mol. The molecule has 7 nitrogen and oxygen atoms in total. The Morgan fingerprint density at radius 2 is 2.00 bits per heavy atom. The number of carbonyl (C=O) groups is 2. The van der Waals surface area contributed by atoms with Gasteiger partial charge in [0.1, 0.15) is 11.5 Å². The zero-order valence-electron chi connectivity index (χ0n) is 20.9. The van der Waals surface area contributed by atoms with Crippen LogP contribution >= 0.6 is 0 Å². The Morgan fingerprint density at radius 1 is 1.18 bits per heavy atom. The van der Waals surface area contributed by atoms with E-state index in [0.717, 1.165) is 30.8 Å². The Balaban J connectivity index is 1.35. The molecule has 4 rings (SSSR count). The maximum atomic E-state index is 12.7. The molecule has 1 unspecified atom stereocenters. The molecule has 184 valence electrons. The van der Waals surface area contributed by atoms with Crippen LogP contribution in [0.2, 0.25) is 0 Å². The second-order valence-electron chi connectivity index (χ2n) is 10.5. The van der Waals surface area contributed by atoms with E-state index < -0.39 is 0 Å². The number of likely N-dealkylation sites (tertiary alicyclic amines) is 1. The Bertz CT molecular complexity index is 1020. The van der Waals surface area contributed by atoms with Gasteiger partial charge < -0.3 is 19.4 Å². The fourth-order valence-electron chi connectivity index (χ4n) is 4.64. The van der Waals surface area contributed by atoms with E-state index in [-0.39, 0.29) is 36.1 Å². The molecule has 34 heavy (non-hydrogen) atoms. The van der Waals surface area contributed by atoms with E-state index in [1.807, 2.05) is 18.2 Å². The van der Waals surface area contributed by atoms with Crippen LogP contribution in [0.1, 0.15) is 75.3 Å². The van der Waals surface area contributed by atoms with E-state index >= 15 is 0 Å². The Morgan fingerprint density at radius 3 is 2.76 bits per heavy atom. The second-order valence-corrected chi connectivity index (χ2v) is 10.5. The maximum absolute atomic E-state index is 12.7. The molecule has 0 aliphatic carbocycles. The highest BCUT2D eigenvalue weighted by Crippen LogP contribution is 2.37. The lowest BCUT2D eigenvalue weighted by molar-refractivity contribution is -0.121. The average Bonchev–Trinajstić information content (AvgIpc) is 3.27. The number of ether oxygens (including phenoxy) is 1. The van der Waals surface area contributed by atoms with Gasteiger partial charge in [-0.1, -0.05) is 33.3 Å². The number of hydrogen-bond donors (Lipinski definition) is 1. The van der Waals surface area contributed by atoms with Gasteiger partial charge in [0.25, 0.3) is 11.8 Å². The third-order valence-electron chi connectivity index (χ3n) is 6.82. The van der Waals surface area contributed by atoms with Crippen LogP contribution in [0.25, 0.3) is 0 Å². The molecule has 1 aromatic carbocycles. The van der Waals surface area contributed by atoms with Crippen molar-refractivity contribution in [2.24, 2.45) is 0 Å². The van der Waals surface area contributed by atoms with Crippen molar-refractivity contribution >= 4 is 17.5 Å². The van der Waals surface area contributed by atoms with Crippen molar-refractivity contribution in [1.82, 2.24) is 10.2 Å². The first kappa shape index (κ1) is 24.3. The highest BCUT2D eigenvalue weighted by molar-refractivity contribution is 5.98. The second kappa shape index (κ2) is 10.2. The highest BCUT2D eigenvalue weighted by Gasteiger charge is 2.28. The van der Waals surface area contributed by atoms with Gasteiger partial charge in [-0.25, -0.2) is 0 Å². The molecule has 2 amide bonds. The average molecular weight is 468 g/mol. The van der Waals surface area contributed by atoms with Gasteiger partial charge in [-0.15, -0.1) is 0 Å². The van der Waals surface area contributed by atoms with E-state index in [1.165, 1.54) is 19.3 Å². The van der Waals surface area contributed by atoms with Crippen molar-refractivity contribution < 1.29 is 18.7 Å². The third-order valence-corrected chi connectivity index (χ3v) is 6.82. The molecule has 1 atom stereocenters. The van der Waals surface area contributed by atoms with Gasteiger partial charge in [-0.05, 0) is 68.0 Å². The molecule has 1 saturated heterocycles. The molecule has 1 aromatic heterocycles. The molecule has 0 bridgehead atoms. The van der Waals surface area contributed by atoms with Crippen LogP contribution in [0.5, 0.6) is 5.75 Å². The van der Waals surface area contributed by atoms with Crippen molar-refractivity contribution in [3.8, 4) is 5.75 Å². The fraction of sp³-hybridized carbons (Fsp3) is 0.556. The molecule has 0 spiro atoms. The molecule has 2 aliphatic rings. The summed E-state index contributed by atoms with van der Waals surface area (Å²) in [7, 11) is 0. The van der Waals surface area contributed by atoms with Crippen LogP contribution < -0.4 is 15.0 Å². The van der Waals surface area contributed by atoms with Crippen molar-refractivity contribution in [1.29, 1.82) is 0 Å². The number of nitrogens with one attached hydrogen (secondary N) is 1. The molecule has 0 radical (unpaired) electrons. The molecule has 3 heterocycles. The van der Waals surface area contributed by atoms with Crippen LogP contribution in [-0.4, -0.2) is 49.0 Å². The van der Waals surface area contributed by atoms with Gasteiger partial charge >= 0.3 is 0 Å². The first-order valence-electron chi connectivity index (χ1n) is 12.4. The summed E-state index contributed by atoms with van der Waals surface area (Å²) in [5, 5.41) is 2.96. The van der Waals surface area contributed by atoms with Crippen molar-refractivity contribution in [2.45, 2.75) is 71.4 Å². The zero-order chi connectivity index (χ0) is 24.3. The minimum absolute atomic E-state index is 0.00838. The molecule has 0 saturated carbocycles. The first-order valence-corrected chi connectivity index (χ1v) is 12.4. The molecule has 1 fully saturated rings. The van der Waals surface area contributed by atoms with Crippen LogP contribution in [0, 0.1) is 0 Å². The van der Waals surface area contributed by atoms with Crippen molar-refractivity contribution in [3.63, 3.8) is 0 Å². The number of anilines is 1. The van der Waals surface area contributed by atoms with Gasteiger partial charge in [0.2, 0.25) is 0 Å². The minimum Gasteiger partial charge on any atom is -0.482 e. The predicted octanol–water partition coefficient (Wildman–Crippen LogP) is 4.50. The van der Waals surface area contributed by atoms with Gasteiger partial charge in [0.05, 0.1) is 12.2 Å². The number of rotatable bonds is 7. The number of benzene rings is 1. The number of furan rings is 1. The standard InChI is InChI=1S/C27H37N3O4/c1-19-8-5-6-14-29(19)15-7-13-28-26(32)24-12-10-21(34-24)17-30-22-16-20(27(2,3)4)9-11-23(22)33-18-25(30)31/h9-12,16,19H,5-8,13-15,17-18H2,1-4H3,(H,28,32). The van der Waals surface area contributed by atoms with Crippen LogP contribution in [-0.2, 0) is 16.8 Å². The van der Waals surface area contributed by atoms with Gasteiger partial charge in [0, 0.05) is 19.1 Å². The summed E-state index contributed by atoms with van der Waals surface area (Å²) in [6.45, 7) is 11.7. The largest absolute Gasteiger partial charge is 0.482 e. The lowest BCUT2D eigenvalue weighted by atomic mass is 9.86. The van der Waals surface area contributed by atoms with Crippen LogP contribution in [0.4, 0.5) is 5.69 Å². The summed E-state index contributed by atoms with van der Waals surface area (Å²) in [4.78, 5) is 29.4. The predicted molar refractivity (Wildman–Crippen MR) is 132 cm³/mol. The topological polar surface area (TPSA) is 75.0 Å². The zero-order valence-corrected chi connectivity index (χ0v) is 20.9. The fourth-order valence-corrected chi connectivity index (χ4v) is 4.64. The summed E-state index contributed by atoms with van der Waals surface area (Å²) in [5.41, 5.74) is 1.80. The van der Waals surface area contributed by atoms with E-state index in [1.54, 1.807) is 17.0 Å². The normalized spacial score (nSPS) is 19.0. The number of nitrogens with zero attached hydrogens (tertiary/aromatic N) is 2. The number of carbonyl (C=O) groups excluding carboxylic acids is 2. The summed E-state index contributed by atoms with van der Waals surface area (Å²) >= 11 is 0. The summed E-state index contributed by atoms with van der Waals surface area (Å²) in [6, 6.07) is 10.0. The molecule has 2 aliphatic heterocycles. The Labute approximate surface area is 202 Å². The smallest absolute Gasteiger partial charge is 0.286 e. The lowest BCUT2D eigenvalue weighted by Crippen LogP contribution is -2.39. The Hall–Kier alpha value is -2.80. The summed E-state index contributed by atoms with van der Waals surface area (Å²) in [5.74, 6) is 1.16. The molecule has 2 aromatic rings. The van der Waals surface area contributed by atoms with E-state index in [2.05, 4.69) is 37.9 Å². The summed E-state index contributed by atoms with van der Waals surface area (Å²) in [6.07, 6.45) is 4.75. The molecule has 1 N–H and O–H groups in total. The van der Waals surface area contributed by atoms with E-state index in [9.17, 15) is 9.59 Å². The Kier molecular flexibility index (Phi) is 7.31. The monoisotopic (exact) mass is 467 g/mol. The number of amides is 2. The van der Waals surface area contributed by atoms with Crippen LogP contribution in [0.15, 0.2) is 34.7 Å². The number of hydrogen-bond acceptors (Lipinski definition) is 5. The number of fused-ring (bicyclic) bond motifs is 1. The van der Waals surface area contributed by atoms with Crippen molar-refractivity contribution in [2.75, 3.05) is 31.1 Å². The van der Waals surface area contributed by atoms with Gasteiger partial charge in [0.15, 0.2) is 12.4 Å². The molecular formula is C27H37N3O4. The van der Waals surface area contributed by atoms with Crippen LogP contribution in [0.3, 0.4) is 0 Å². The highest BCUT2D eigenvalue weighted by atomic mass is 16.5.